The Hall–Kier alpha value is -3.32. The van der Waals surface area contributed by atoms with Crippen LogP contribution in [-0.4, -0.2) is 16.1 Å². The van der Waals surface area contributed by atoms with Crippen molar-refractivity contribution in [3.05, 3.63) is 93.9 Å². The molecule has 0 spiro atoms. The average molecular weight is 417 g/mol. The number of aryl methyl sites for hydroxylation is 2. The van der Waals surface area contributed by atoms with Gasteiger partial charge in [-0.25, -0.2) is 10.0 Å². The van der Waals surface area contributed by atoms with Gasteiger partial charge in [-0.3, -0.25) is 10.1 Å². The Balaban J connectivity index is 1.54. The fraction of sp³-hybridized carbons (Fsp3) is 0.174. The molecule has 2 aliphatic rings. The largest absolute Gasteiger partial charge is 0.462 e. The quantitative estimate of drug-likeness (QED) is 0.713. The minimum Gasteiger partial charge on any atom is -0.462 e. The summed E-state index contributed by atoms with van der Waals surface area (Å²) >= 11 is 1.49. The van der Waals surface area contributed by atoms with Gasteiger partial charge in [0.2, 0.25) is 6.17 Å². The summed E-state index contributed by atoms with van der Waals surface area (Å²) in [6.45, 7) is 3.95. The van der Waals surface area contributed by atoms with Gasteiger partial charge in [0.05, 0.1) is 5.36 Å². The van der Waals surface area contributed by atoms with Gasteiger partial charge in [0.15, 0.2) is 10.9 Å². The first-order valence-electron chi connectivity index (χ1n) is 9.69. The zero-order valence-corrected chi connectivity index (χ0v) is 17.4. The van der Waals surface area contributed by atoms with E-state index in [9.17, 15) is 4.79 Å². The number of fused-ring (bicyclic) bond motifs is 2. The number of para-hydroxylation sites is 1. The Bertz CT molecular complexity index is 1280. The molecule has 2 aliphatic heterocycles. The van der Waals surface area contributed by atoms with Crippen molar-refractivity contribution in [2.75, 3.05) is 0 Å². The van der Waals surface area contributed by atoms with Crippen LogP contribution in [0.2, 0.25) is 0 Å². The van der Waals surface area contributed by atoms with E-state index in [4.69, 9.17) is 14.5 Å². The van der Waals surface area contributed by atoms with Crippen LogP contribution in [0.1, 0.15) is 28.8 Å². The zero-order valence-electron chi connectivity index (χ0n) is 16.6. The average Bonchev–Trinajstić information content (AvgIpc) is 3.18. The number of nitrogens with one attached hydrogen (secondary N) is 1. The summed E-state index contributed by atoms with van der Waals surface area (Å²) in [5.74, 6) is 1.97. The molecule has 0 unspecified atom stereocenters. The van der Waals surface area contributed by atoms with Crippen LogP contribution in [0.5, 0.6) is 0 Å². The highest BCUT2D eigenvalue weighted by Gasteiger charge is 2.35. The van der Waals surface area contributed by atoms with Crippen LogP contribution < -0.4 is 15.9 Å². The maximum Gasteiger partial charge on any atom is 0.276 e. The van der Waals surface area contributed by atoms with Crippen LogP contribution in [0.4, 0.5) is 0 Å². The summed E-state index contributed by atoms with van der Waals surface area (Å²) in [6.07, 6.45) is -0.523. The third-order valence-electron chi connectivity index (χ3n) is 5.03. The number of carbonyl (C=O) groups is 1. The standard InChI is InChI=1S/C23H20N4O2S/c1-14-7-10-16(11-8-14)13-30-23-25-22(28)20-17-5-3-4-6-18(17)24-21(27(20)26-23)19-12-9-15(2)29-19/h3-12,21H,13H2,1-2H3,(H,25,26,28)/t21-/m0/s1. The minimum absolute atomic E-state index is 0.188. The number of rotatable bonds is 3. The second-order valence-corrected chi connectivity index (χ2v) is 8.26. The fourth-order valence-corrected chi connectivity index (χ4v) is 4.31. The molecule has 3 aromatic rings. The first kappa shape index (κ1) is 18.7. The van der Waals surface area contributed by atoms with Crippen molar-refractivity contribution in [3.63, 3.8) is 0 Å². The lowest BCUT2D eigenvalue weighted by Gasteiger charge is -2.32. The third-order valence-corrected chi connectivity index (χ3v) is 5.96. The molecule has 0 bridgehead atoms. The third kappa shape index (κ3) is 3.41. The number of thioether (sulfide) groups is 1. The predicted molar refractivity (Wildman–Crippen MR) is 117 cm³/mol. The normalized spacial score (nSPS) is 17.6. The van der Waals surface area contributed by atoms with Gasteiger partial charge in [-0.1, -0.05) is 59.8 Å². The van der Waals surface area contributed by atoms with Crippen molar-refractivity contribution in [2.24, 2.45) is 10.1 Å². The van der Waals surface area contributed by atoms with Crippen LogP contribution in [0.15, 0.2) is 75.2 Å². The number of nitrogens with zero attached hydrogens (tertiary/aromatic N) is 3. The van der Waals surface area contributed by atoms with Crippen LogP contribution in [-0.2, 0) is 10.5 Å². The van der Waals surface area contributed by atoms with E-state index < -0.39 is 6.17 Å². The van der Waals surface area contributed by atoms with Gasteiger partial charge >= 0.3 is 0 Å². The van der Waals surface area contributed by atoms with Gasteiger partial charge in [-0.2, -0.15) is 0 Å². The molecule has 1 atom stereocenters. The summed E-state index contributed by atoms with van der Waals surface area (Å²) in [4.78, 5) is 17.9. The van der Waals surface area contributed by atoms with E-state index in [-0.39, 0.29) is 5.91 Å². The van der Waals surface area contributed by atoms with Crippen molar-refractivity contribution in [3.8, 4) is 0 Å². The van der Waals surface area contributed by atoms with Crippen molar-refractivity contribution >= 4 is 28.5 Å². The topological polar surface area (TPSA) is 70.2 Å². The van der Waals surface area contributed by atoms with E-state index in [0.29, 0.717) is 22.4 Å². The molecule has 1 amide bonds. The number of amidine groups is 1. The molecule has 1 aromatic heterocycles. The molecule has 0 saturated carbocycles. The molecular weight excluding hydrogens is 396 g/mol. The lowest BCUT2D eigenvalue weighted by Crippen LogP contribution is -2.50. The SMILES string of the molecule is Cc1ccc(CSC2=NN3C(=c4ccccc4=N[C@@H]3c3ccc(C)o3)C(=O)N2)cc1. The molecule has 1 N–H and O–H groups in total. The van der Waals surface area contributed by atoms with Crippen LogP contribution in [0, 0.1) is 13.8 Å². The molecule has 7 heteroatoms. The first-order chi connectivity index (χ1) is 14.6. The van der Waals surface area contributed by atoms with Gasteiger partial charge < -0.3 is 4.42 Å². The van der Waals surface area contributed by atoms with E-state index in [1.165, 1.54) is 22.9 Å². The smallest absolute Gasteiger partial charge is 0.276 e. The highest BCUT2D eigenvalue weighted by molar-refractivity contribution is 8.13. The molecule has 0 saturated heterocycles. The Morgan fingerprint density at radius 2 is 1.87 bits per heavy atom. The number of hydrazone groups is 1. The van der Waals surface area contributed by atoms with Gasteiger partial charge in [0.25, 0.3) is 5.91 Å². The van der Waals surface area contributed by atoms with Crippen molar-refractivity contribution < 1.29 is 9.21 Å². The molecule has 2 aromatic carbocycles. The lowest BCUT2D eigenvalue weighted by molar-refractivity contribution is -0.116. The molecular formula is C23H20N4O2S. The Labute approximate surface area is 178 Å². The summed E-state index contributed by atoms with van der Waals surface area (Å²) < 4.78 is 5.84. The van der Waals surface area contributed by atoms with Crippen LogP contribution >= 0.6 is 11.8 Å². The number of hydrogen-bond acceptors (Lipinski definition) is 6. The van der Waals surface area contributed by atoms with E-state index in [2.05, 4.69) is 36.5 Å². The van der Waals surface area contributed by atoms with E-state index in [0.717, 1.165) is 16.3 Å². The molecule has 3 heterocycles. The van der Waals surface area contributed by atoms with Crippen molar-refractivity contribution in [1.29, 1.82) is 0 Å². The Morgan fingerprint density at radius 1 is 1.07 bits per heavy atom. The molecule has 5 rings (SSSR count). The van der Waals surface area contributed by atoms with Crippen molar-refractivity contribution in [2.45, 2.75) is 25.8 Å². The summed E-state index contributed by atoms with van der Waals surface area (Å²) in [5.41, 5.74) is 2.88. The molecule has 30 heavy (non-hydrogen) atoms. The number of furan rings is 1. The predicted octanol–water partition coefficient (Wildman–Crippen LogP) is 2.97. The number of carbonyl (C=O) groups excluding carboxylic acids is 1. The molecule has 0 radical (unpaired) electrons. The highest BCUT2D eigenvalue weighted by Crippen LogP contribution is 2.32. The molecule has 150 valence electrons. The summed E-state index contributed by atoms with van der Waals surface area (Å²) in [5, 5.41) is 11.4. The lowest BCUT2D eigenvalue weighted by atomic mass is 10.1. The summed E-state index contributed by atoms with van der Waals surface area (Å²) in [7, 11) is 0. The number of benzene rings is 2. The minimum atomic E-state index is -0.523. The zero-order chi connectivity index (χ0) is 20.7. The maximum atomic E-state index is 13.1. The van der Waals surface area contributed by atoms with Gasteiger partial charge in [-0.15, -0.1) is 5.10 Å². The van der Waals surface area contributed by atoms with Gasteiger partial charge in [-0.05, 0) is 37.6 Å². The monoisotopic (exact) mass is 416 g/mol. The number of amides is 1. The molecule has 0 aliphatic carbocycles. The fourth-order valence-electron chi connectivity index (χ4n) is 3.51. The van der Waals surface area contributed by atoms with Gasteiger partial charge in [0, 0.05) is 11.0 Å². The van der Waals surface area contributed by atoms with E-state index >= 15 is 0 Å². The second-order valence-electron chi connectivity index (χ2n) is 7.30. The second kappa shape index (κ2) is 7.50. The molecule has 6 nitrogen and oxygen atoms in total. The van der Waals surface area contributed by atoms with E-state index in [1.807, 2.05) is 43.3 Å². The maximum absolute atomic E-state index is 13.1. The number of hydrogen-bond donors (Lipinski definition) is 1. The Morgan fingerprint density at radius 3 is 2.63 bits per heavy atom. The molecule has 0 fully saturated rings. The van der Waals surface area contributed by atoms with Crippen LogP contribution in [0.3, 0.4) is 0 Å². The Kier molecular flexibility index (Phi) is 4.67. The van der Waals surface area contributed by atoms with E-state index in [1.54, 1.807) is 5.01 Å². The van der Waals surface area contributed by atoms with Crippen molar-refractivity contribution in [1.82, 2.24) is 10.3 Å². The van der Waals surface area contributed by atoms with Crippen LogP contribution in [0.25, 0.3) is 5.70 Å². The summed E-state index contributed by atoms with van der Waals surface area (Å²) in [6, 6.07) is 19.7. The first-order valence-corrected chi connectivity index (χ1v) is 10.7. The van der Waals surface area contributed by atoms with Gasteiger partial charge in [0.1, 0.15) is 11.5 Å². The highest BCUT2D eigenvalue weighted by atomic mass is 32.2.